The number of methoxy groups -OCH3 is 1. The summed E-state index contributed by atoms with van der Waals surface area (Å²) in [5.74, 6) is 0.305. The van der Waals surface area contributed by atoms with Crippen LogP contribution in [0.5, 0.6) is 11.5 Å². The predicted octanol–water partition coefficient (Wildman–Crippen LogP) is 3.00. The number of halogens is 1. The van der Waals surface area contributed by atoms with Crippen molar-refractivity contribution in [2.75, 3.05) is 24.8 Å². The third-order valence-corrected chi connectivity index (χ3v) is 5.56. The molecule has 3 aromatic rings. The maximum atomic E-state index is 13.7. The van der Waals surface area contributed by atoms with E-state index in [1.807, 2.05) is 0 Å². The molecule has 30 heavy (non-hydrogen) atoms. The van der Waals surface area contributed by atoms with E-state index in [0.717, 1.165) is 6.26 Å². The molecule has 0 aliphatic rings. The van der Waals surface area contributed by atoms with E-state index < -0.39 is 21.8 Å². The SMILES string of the molecule is COc1ccc(F)cc1C(C)Oc1cc(-c2cnc(N)c(S(C)(=O)=O)c2)cnc1N. The summed E-state index contributed by atoms with van der Waals surface area (Å²) in [6.45, 7) is 1.72. The van der Waals surface area contributed by atoms with Gasteiger partial charge in [-0.05, 0) is 37.3 Å². The lowest BCUT2D eigenvalue weighted by atomic mass is 10.1. The summed E-state index contributed by atoms with van der Waals surface area (Å²) in [6, 6.07) is 7.13. The number of rotatable bonds is 6. The van der Waals surface area contributed by atoms with Gasteiger partial charge in [0.15, 0.2) is 21.4 Å². The molecule has 4 N–H and O–H groups in total. The number of ether oxygens (including phenoxy) is 2. The van der Waals surface area contributed by atoms with Gasteiger partial charge in [-0.25, -0.2) is 22.8 Å². The highest BCUT2D eigenvalue weighted by Crippen LogP contribution is 2.34. The molecule has 2 aromatic heterocycles. The fraction of sp³-hybridized carbons (Fsp3) is 0.200. The van der Waals surface area contributed by atoms with Gasteiger partial charge in [-0.15, -0.1) is 0 Å². The van der Waals surface area contributed by atoms with Crippen molar-refractivity contribution in [3.8, 4) is 22.6 Å². The van der Waals surface area contributed by atoms with Gasteiger partial charge in [-0.1, -0.05) is 0 Å². The highest BCUT2D eigenvalue weighted by atomic mass is 32.2. The maximum Gasteiger partial charge on any atom is 0.179 e. The fourth-order valence-corrected chi connectivity index (χ4v) is 3.67. The van der Waals surface area contributed by atoms with Crippen molar-refractivity contribution < 1.29 is 22.3 Å². The Morgan fingerprint density at radius 1 is 1.00 bits per heavy atom. The summed E-state index contributed by atoms with van der Waals surface area (Å²) in [7, 11) is -2.08. The van der Waals surface area contributed by atoms with E-state index in [-0.39, 0.29) is 22.3 Å². The molecule has 0 bridgehead atoms. The van der Waals surface area contributed by atoms with Crippen molar-refractivity contribution >= 4 is 21.5 Å². The minimum Gasteiger partial charge on any atom is -0.496 e. The molecular formula is C20H21FN4O4S. The fourth-order valence-electron chi connectivity index (χ4n) is 2.89. The molecule has 0 saturated carbocycles. The first-order valence-corrected chi connectivity index (χ1v) is 10.7. The van der Waals surface area contributed by atoms with Crippen LogP contribution >= 0.6 is 0 Å². The number of sulfone groups is 1. The van der Waals surface area contributed by atoms with Gasteiger partial charge < -0.3 is 20.9 Å². The topological polar surface area (TPSA) is 130 Å². The number of nitrogen functional groups attached to an aromatic ring is 2. The lowest BCUT2D eigenvalue weighted by Gasteiger charge is -2.19. The second-order valence-corrected chi connectivity index (χ2v) is 8.62. The first-order chi connectivity index (χ1) is 14.1. The molecule has 1 aromatic carbocycles. The van der Waals surface area contributed by atoms with Gasteiger partial charge in [0.05, 0.1) is 7.11 Å². The summed E-state index contributed by atoms with van der Waals surface area (Å²) in [6.07, 6.45) is 3.34. The first kappa shape index (κ1) is 21.3. The van der Waals surface area contributed by atoms with E-state index in [0.29, 0.717) is 22.4 Å². The first-order valence-electron chi connectivity index (χ1n) is 8.81. The lowest BCUT2D eigenvalue weighted by Crippen LogP contribution is -2.08. The van der Waals surface area contributed by atoms with Crippen LogP contribution in [0.3, 0.4) is 0 Å². The van der Waals surface area contributed by atoms with Gasteiger partial charge in [-0.3, -0.25) is 0 Å². The monoisotopic (exact) mass is 432 g/mol. The molecule has 10 heteroatoms. The van der Waals surface area contributed by atoms with Gasteiger partial charge in [0.2, 0.25) is 0 Å². The largest absolute Gasteiger partial charge is 0.496 e. The van der Waals surface area contributed by atoms with E-state index >= 15 is 0 Å². The Morgan fingerprint density at radius 3 is 2.27 bits per heavy atom. The number of nitrogens with two attached hydrogens (primary N) is 2. The molecule has 0 aliphatic heterocycles. The normalized spacial score (nSPS) is 12.4. The molecule has 0 spiro atoms. The molecule has 8 nitrogen and oxygen atoms in total. The van der Waals surface area contributed by atoms with Gasteiger partial charge in [0.1, 0.15) is 28.4 Å². The highest BCUT2D eigenvalue weighted by molar-refractivity contribution is 7.90. The van der Waals surface area contributed by atoms with Crippen LogP contribution in [0.2, 0.25) is 0 Å². The van der Waals surface area contributed by atoms with Crippen molar-refractivity contribution in [1.82, 2.24) is 9.97 Å². The number of benzene rings is 1. The Balaban J connectivity index is 1.98. The molecule has 2 heterocycles. The van der Waals surface area contributed by atoms with E-state index in [1.54, 1.807) is 13.0 Å². The van der Waals surface area contributed by atoms with E-state index in [1.165, 1.54) is 43.8 Å². The summed E-state index contributed by atoms with van der Waals surface area (Å²) in [5.41, 5.74) is 13.1. The quantitative estimate of drug-likeness (QED) is 0.608. The molecule has 0 aliphatic carbocycles. The Kier molecular flexibility index (Phi) is 5.79. The van der Waals surface area contributed by atoms with Gasteiger partial charge >= 0.3 is 0 Å². The average Bonchev–Trinajstić information content (AvgIpc) is 2.69. The minimum atomic E-state index is -3.56. The van der Waals surface area contributed by atoms with Crippen LogP contribution in [-0.4, -0.2) is 31.8 Å². The Hall–Kier alpha value is -3.40. The van der Waals surface area contributed by atoms with E-state index in [9.17, 15) is 12.8 Å². The van der Waals surface area contributed by atoms with Crippen molar-refractivity contribution in [2.45, 2.75) is 17.9 Å². The average molecular weight is 432 g/mol. The number of aromatic nitrogens is 2. The summed E-state index contributed by atoms with van der Waals surface area (Å²) in [5, 5.41) is 0. The number of nitrogens with zero attached hydrogens (tertiary/aromatic N) is 2. The standard InChI is InChI=1S/C20H21FN4O4S/c1-11(15-8-14(21)4-5-16(15)28-2)29-17-6-12(9-24-19(17)22)13-7-18(30(3,26)27)20(23)25-10-13/h4-11H,1-3H3,(H2,22,24)(H2,23,25). The van der Waals surface area contributed by atoms with Crippen molar-refractivity contribution in [3.63, 3.8) is 0 Å². The number of anilines is 2. The minimum absolute atomic E-state index is 0.0860. The number of pyridine rings is 2. The summed E-state index contributed by atoms with van der Waals surface area (Å²) in [4.78, 5) is 7.99. The van der Waals surface area contributed by atoms with E-state index in [4.69, 9.17) is 20.9 Å². The second-order valence-electron chi connectivity index (χ2n) is 6.63. The van der Waals surface area contributed by atoms with Crippen molar-refractivity contribution in [3.05, 3.63) is 54.1 Å². The Labute approximate surface area is 173 Å². The summed E-state index contributed by atoms with van der Waals surface area (Å²) < 4.78 is 48.7. The molecule has 0 fully saturated rings. The molecule has 0 amide bonds. The summed E-state index contributed by atoms with van der Waals surface area (Å²) >= 11 is 0. The third kappa shape index (κ3) is 4.43. The molecule has 1 unspecified atom stereocenters. The van der Waals surface area contributed by atoms with Crippen LogP contribution in [-0.2, 0) is 9.84 Å². The van der Waals surface area contributed by atoms with Crippen LogP contribution in [0.4, 0.5) is 16.0 Å². The van der Waals surface area contributed by atoms with Gasteiger partial charge in [-0.2, -0.15) is 0 Å². The van der Waals surface area contributed by atoms with E-state index in [2.05, 4.69) is 9.97 Å². The van der Waals surface area contributed by atoms with Crippen LogP contribution < -0.4 is 20.9 Å². The van der Waals surface area contributed by atoms with Crippen molar-refractivity contribution in [2.24, 2.45) is 0 Å². The highest BCUT2D eigenvalue weighted by Gasteiger charge is 2.18. The Morgan fingerprint density at radius 2 is 1.63 bits per heavy atom. The van der Waals surface area contributed by atoms with Crippen LogP contribution in [0.1, 0.15) is 18.6 Å². The predicted molar refractivity (Wildman–Crippen MR) is 111 cm³/mol. The smallest absolute Gasteiger partial charge is 0.179 e. The van der Waals surface area contributed by atoms with Crippen LogP contribution in [0.15, 0.2) is 47.6 Å². The zero-order chi connectivity index (χ0) is 22.1. The zero-order valence-corrected chi connectivity index (χ0v) is 17.4. The molecule has 158 valence electrons. The molecule has 3 rings (SSSR count). The Bertz CT molecular complexity index is 1200. The molecule has 0 saturated heterocycles. The third-order valence-electron chi connectivity index (χ3n) is 4.43. The number of hydrogen-bond acceptors (Lipinski definition) is 8. The molecule has 1 atom stereocenters. The van der Waals surface area contributed by atoms with Crippen LogP contribution in [0, 0.1) is 5.82 Å². The maximum absolute atomic E-state index is 13.7. The van der Waals surface area contributed by atoms with Gasteiger partial charge in [0, 0.05) is 35.3 Å². The van der Waals surface area contributed by atoms with Gasteiger partial charge in [0.25, 0.3) is 0 Å². The molecule has 0 radical (unpaired) electrons. The zero-order valence-electron chi connectivity index (χ0n) is 16.6. The lowest BCUT2D eigenvalue weighted by molar-refractivity contribution is 0.221. The second kappa shape index (κ2) is 8.15. The number of hydrogen-bond donors (Lipinski definition) is 2. The van der Waals surface area contributed by atoms with Crippen molar-refractivity contribution in [1.29, 1.82) is 0 Å². The molecular weight excluding hydrogens is 411 g/mol. The van der Waals surface area contributed by atoms with Crippen LogP contribution in [0.25, 0.3) is 11.1 Å².